The molecular weight excluding hydrogens is 438 g/mol. The molecule has 0 aliphatic rings. The van der Waals surface area contributed by atoms with Gasteiger partial charge >= 0.3 is 5.97 Å². The van der Waals surface area contributed by atoms with E-state index in [0.29, 0.717) is 28.2 Å². The summed E-state index contributed by atoms with van der Waals surface area (Å²) >= 11 is 3.37. The number of esters is 1. The van der Waals surface area contributed by atoms with Crippen molar-refractivity contribution >= 4 is 34.0 Å². The first kappa shape index (κ1) is 20.2. The smallest absolute Gasteiger partial charge is 0.343 e. The Morgan fingerprint density at radius 2 is 1.76 bits per heavy atom. The lowest BCUT2D eigenvalue weighted by atomic mass is 10.2. The predicted molar refractivity (Wildman–Crippen MR) is 111 cm³/mol. The van der Waals surface area contributed by atoms with E-state index >= 15 is 0 Å². The number of benzene rings is 2. The van der Waals surface area contributed by atoms with Crippen LogP contribution in [-0.4, -0.2) is 30.2 Å². The fourth-order valence-electron chi connectivity index (χ4n) is 2.33. The standard InChI is InChI=1S/C21H16BrN3O4/c1-28-18-5-2-15(3-6-18)21(27)29-19-7-4-17(22)12-16(19)13-24-25-20(26)14-8-10-23-11-9-14/h2-13H,1H3,(H,25,26)/b24-13-. The van der Waals surface area contributed by atoms with E-state index < -0.39 is 5.97 Å². The number of pyridine rings is 1. The fourth-order valence-corrected chi connectivity index (χ4v) is 2.71. The highest BCUT2D eigenvalue weighted by molar-refractivity contribution is 9.10. The van der Waals surface area contributed by atoms with Crippen LogP contribution in [0.5, 0.6) is 11.5 Å². The van der Waals surface area contributed by atoms with Crippen molar-refractivity contribution in [3.8, 4) is 11.5 Å². The number of aromatic nitrogens is 1. The van der Waals surface area contributed by atoms with Gasteiger partial charge in [0.25, 0.3) is 5.91 Å². The van der Waals surface area contributed by atoms with Crippen LogP contribution in [-0.2, 0) is 0 Å². The number of hydrazone groups is 1. The molecule has 1 N–H and O–H groups in total. The largest absolute Gasteiger partial charge is 0.497 e. The summed E-state index contributed by atoms with van der Waals surface area (Å²) in [4.78, 5) is 28.3. The number of carbonyl (C=O) groups is 2. The van der Waals surface area contributed by atoms with Gasteiger partial charge in [-0.25, -0.2) is 10.2 Å². The van der Waals surface area contributed by atoms with Gasteiger partial charge in [-0.2, -0.15) is 5.10 Å². The molecule has 2 aromatic carbocycles. The summed E-state index contributed by atoms with van der Waals surface area (Å²) in [7, 11) is 1.55. The molecule has 0 atom stereocenters. The van der Waals surface area contributed by atoms with E-state index in [-0.39, 0.29) is 5.91 Å². The Labute approximate surface area is 175 Å². The van der Waals surface area contributed by atoms with Crippen LogP contribution >= 0.6 is 15.9 Å². The van der Waals surface area contributed by atoms with Crippen molar-refractivity contribution in [1.82, 2.24) is 10.4 Å². The molecule has 146 valence electrons. The summed E-state index contributed by atoms with van der Waals surface area (Å²) < 4.78 is 11.3. The van der Waals surface area contributed by atoms with Crippen LogP contribution in [0.3, 0.4) is 0 Å². The van der Waals surface area contributed by atoms with Crippen LogP contribution in [0.4, 0.5) is 0 Å². The number of hydrogen-bond donors (Lipinski definition) is 1. The van der Waals surface area contributed by atoms with Gasteiger partial charge in [0.2, 0.25) is 0 Å². The molecular formula is C21H16BrN3O4. The third kappa shape index (κ3) is 5.49. The minimum Gasteiger partial charge on any atom is -0.497 e. The second-order valence-corrected chi connectivity index (χ2v) is 6.65. The molecule has 0 saturated carbocycles. The summed E-state index contributed by atoms with van der Waals surface area (Å²) in [6.45, 7) is 0. The van der Waals surface area contributed by atoms with E-state index in [1.54, 1.807) is 61.7 Å². The van der Waals surface area contributed by atoms with Crippen LogP contribution in [0.2, 0.25) is 0 Å². The molecule has 8 heteroatoms. The van der Waals surface area contributed by atoms with Crippen LogP contribution in [0, 0.1) is 0 Å². The van der Waals surface area contributed by atoms with E-state index in [9.17, 15) is 9.59 Å². The van der Waals surface area contributed by atoms with Gasteiger partial charge in [-0.05, 0) is 54.6 Å². The molecule has 1 aromatic heterocycles. The van der Waals surface area contributed by atoms with Gasteiger partial charge in [-0.3, -0.25) is 9.78 Å². The van der Waals surface area contributed by atoms with Crippen molar-refractivity contribution in [3.05, 3.63) is 88.2 Å². The number of ether oxygens (including phenoxy) is 2. The summed E-state index contributed by atoms with van der Waals surface area (Å²) in [6.07, 6.45) is 4.44. The van der Waals surface area contributed by atoms with E-state index in [0.717, 1.165) is 4.47 Å². The van der Waals surface area contributed by atoms with Gasteiger partial charge in [-0.1, -0.05) is 15.9 Å². The van der Waals surface area contributed by atoms with Gasteiger partial charge in [-0.15, -0.1) is 0 Å². The fraction of sp³-hybridized carbons (Fsp3) is 0.0476. The summed E-state index contributed by atoms with van der Waals surface area (Å²) in [5.74, 6) is 0.0414. The van der Waals surface area contributed by atoms with Gasteiger partial charge < -0.3 is 9.47 Å². The lowest BCUT2D eigenvalue weighted by molar-refractivity contribution is 0.0734. The Morgan fingerprint density at radius 1 is 1.03 bits per heavy atom. The van der Waals surface area contributed by atoms with E-state index in [1.807, 2.05) is 0 Å². The van der Waals surface area contributed by atoms with Crippen molar-refractivity contribution in [1.29, 1.82) is 0 Å². The molecule has 3 aromatic rings. The Morgan fingerprint density at radius 3 is 2.45 bits per heavy atom. The van der Waals surface area contributed by atoms with Crippen LogP contribution in [0.25, 0.3) is 0 Å². The van der Waals surface area contributed by atoms with E-state index in [2.05, 4.69) is 31.4 Å². The van der Waals surface area contributed by atoms with E-state index in [4.69, 9.17) is 9.47 Å². The first-order chi connectivity index (χ1) is 14.1. The zero-order chi connectivity index (χ0) is 20.6. The first-order valence-electron chi connectivity index (χ1n) is 8.46. The average molecular weight is 454 g/mol. The number of nitrogens with zero attached hydrogens (tertiary/aromatic N) is 2. The highest BCUT2D eigenvalue weighted by Gasteiger charge is 2.12. The number of carbonyl (C=O) groups excluding carboxylic acids is 2. The van der Waals surface area contributed by atoms with Crippen molar-refractivity contribution in [2.45, 2.75) is 0 Å². The molecule has 0 radical (unpaired) electrons. The van der Waals surface area contributed by atoms with Crippen molar-refractivity contribution in [2.75, 3.05) is 7.11 Å². The summed E-state index contributed by atoms with van der Waals surface area (Å²) in [5.41, 5.74) is 3.74. The first-order valence-corrected chi connectivity index (χ1v) is 9.25. The molecule has 0 fully saturated rings. The minimum atomic E-state index is -0.523. The zero-order valence-electron chi connectivity index (χ0n) is 15.3. The van der Waals surface area contributed by atoms with Gasteiger partial charge in [0.15, 0.2) is 0 Å². The molecule has 29 heavy (non-hydrogen) atoms. The number of rotatable bonds is 6. The summed E-state index contributed by atoms with van der Waals surface area (Å²) in [6, 6.07) is 14.8. The van der Waals surface area contributed by atoms with Crippen molar-refractivity contribution in [3.63, 3.8) is 0 Å². The number of amides is 1. The van der Waals surface area contributed by atoms with Crippen molar-refractivity contribution in [2.24, 2.45) is 5.10 Å². The molecule has 7 nitrogen and oxygen atoms in total. The average Bonchev–Trinajstić information content (AvgIpc) is 2.76. The Balaban J connectivity index is 1.73. The number of methoxy groups -OCH3 is 1. The maximum atomic E-state index is 12.4. The molecule has 0 saturated heterocycles. The lowest BCUT2D eigenvalue weighted by Gasteiger charge is -2.08. The topological polar surface area (TPSA) is 89.9 Å². The second-order valence-electron chi connectivity index (χ2n) is 5.74. The number of halogens is 1. The molecule has 0 aliphatic heterocycles. The minimum absolute atomic E-state index is 0.302. The highest BCUT2D eigenvalue weighted by atomic mass is 79.9. The highest BCUT2D eigenvalue weighted by Crippen LogP contribution is 2.23. The summed E-state index contributed by atoms with van der Waals surface area (Å²) in [5, 5.41) is 3.95. The quantitative estimate of drug-likeness (QED) is 0.265. The van der Waals surface area contributed by atoms with Gasteiger partial charge in [0.1, 0.15) is 11.5 Å². The Kier molecular flexibility index (Phi) is 6.70. The van der Waals surface area contributed by atoms with Gasteiger partial charge in [0, 0.05) is 28.0 Å². The second kappa shape index (κ2) is 9.61. The van der Waals surface area contributed by atoms with Crippen molar-refractivity contribution < 1.29 is 19.1 Å². The lowest BCUT2D eigenvalue weighted by Crippen LogP contribution is -2.17. The van der Waals surface area contributed by atoms with Crippen LogP contribution in [0.15, 0.2) is 76.6 Å². The van der Waals surface area contributed by atoms with Crippen LogP contribution in [0.1, 0.15) is 26.3 Å². The Bertz CT molecular complexity index is 1040. The van der Waals surface area contributed by atoms with Gasteiger partial charge in [0.05, 0.1) is 18.9 Å². The zero-order valence-corrected chi connectivity index (χ0v) is 16.9. The molecule has 0 aliphatic carbocycles. The molecule has 0 spiro atoms. The monoisotopic (exact) mass is 453 g/mol. The number of nitrogens with one attached hydrogen (secondary N) is 1. The molecule has 0 unspecified atom stereocenters. The molecule has 1 heterocycles. The molecule has 3 rings (SSSR count). The maximum absolute atomic E-state index is 12.4. The Hall–Kier alpha value is -3.52. The SMILES string of the molecule is COc1ccc(C(=O)Oc2ccc(Br)cc2/C=N\NC(=O)c2ccncc2)cc1. The number of hydrogen-bond acceptors (Lipinski definition) is 6. The van der Waals surface area contributed by atoms with E-state index in [1.165, 1.54) is 18.6 Å². The normalized spacial score (nSPS) is 10.6. The maximum Gasteiger partial charge on any atom is 0.343 e. The van der Waals surface area contributed by atoms with Crippen LogP contribution < -0.4 is 14.9 Å². The third-order valence-electron chi connectivity index (χ3n) is 3.81. The third-order valence-corrected chi connectivity index (χ3v) is 4.31. The predicted octanol–water partition coefficient (Wildman–Crippen LogP) is 3.84. The molecule has 1 amide bonds. The molecule has 0 bridgehead atoms.